The molecule has 0 aromatic heterocycles. The second-order valence-corrected chi connectivity index (χ2v) is 4.76. The van der Waals surface area contributed by atoms with Gasteiger partial charge in [-0.1, -0.05) is 12.1 Å². The number of amides is 1. The average Bonchev–Trinajstić information content (AvgIpc) is 2.47. The minimum Gasteiger partial charge on any atom is -0.497 e. The van der Waals surface area contributed by atoms with E-state index in [1.165, 1.54) is 0 Å². The van der Waals surface area contributed by atoms with Crippen LogP contribution in [-0.4, -0.2) is 30.5 Å². The molecule has 0 bridgehead atoms. The van der Waals surface area contributed by atoms with E-state index in [9.17, 15) is 4.79 Å². The number of likely N-dealkylation sites (tertiary alicyclic amines) is 1. The number of rotatable bonds is 3. The van der Waals surface area contributed by atoms with Gasteiger partial charge in [-0.05, 0) is 37.0 Å². The van der Waals surface area contributed by atoms with Gasteiger partial charge in [0.15, 0.2) is 0 Å². The third kappa shape index (κ3) is 3.25. The number of nitriles is 1. The average molecular weight is 258 g/mol. The first-order valence-electron chi connectivity index (χ1n) is 6.56. The molecule has 1 aliphatic rings. The van der Waals surface area contributed by atoms with Crippen molar-refractivity contribution in [3.63, 3.8) is 0 Å². The lowest BCUT2D eigenvalue weighted by Crippen LogP contribution is -2.43. The van der Waals surface area contributed by atoms with E-state index in [4.69, 9.17) is 10.00 Å². The van der Waals surface area contributed by atoms with Gasteiger partial charge in [-0.3, -0.25) is 4.79 Å². The number of carbonyl (C=O) groups excluding carboxylic acids is 1. The summed E-state index contributed by atoms with van der Waals surface area (Å²) in [6.07, 6.45) is 3.14. The number of hydrogen-bond acceptors (Lipinski definition) is 3. The smallest absolute Gasteiger partial charge is 0.228 e. The predicted molar refractivity (Wildman–Crippen MR) is 71.7 cm³/mol. The Balaban J connectivity index is 2.05. The zero-order valence-corrected chi connectivity index (χ0v) is 11.1. The Morgan fingerprint density at radius 2 is 2.37 bits per heavy atom. The standard InChI is InChI=1S/C15H18N2O2/c1-19-14-7-4-5-12(9-14)10-15(18)17-8-3-2-6-13(17)11-16/h4-5,7,9,13H,2-3,6,8,10H2,1H3. The summed E-state index contributed by atoms with van der Waals surface area (Å²) >= 11 is 0. The van der Waals surface area contributed by atoms with Crippen molar-refractivity contribution in [3.8, 4) is 11.8 Å². The number of nitrogens with zero attached hydrogens (tertiary/aromatic N) is 2. The molecule has 1 atom stereocenters. The molecule has 2 rings (SSSR count). The van der Waals surface area contributed by atoms with Crippen LogP contribution in [0.1, 0.15) is 24.8 Å². The molecule has 0 N–H and O–H groups in total. The Hall–Kier alpha value is -2.02. The highest BCUT2D eigenvalue weighted by molar-refractivity contribution is 5.79. The topological polar surface area (TPSA) is 53.3 Å². The molecule has 4 heteroatoms. The van der Waals surface area contributed by atoms with E-state index < -0.39 is 0 Å². The van der Waals surface area contributed by atoms with Crippen LogP contribution >= 0.6 is 0 Å². The molecule has 1 amide bonds. The normalized spacial score (nSPS) is 18.7. The molecule has 100 valence electrons. The van der Waals surface area contributed by atoms with Crippen LogP contribution in [0.3, 0.4) is 0 Å². The number of piperidine rings is 1. The van der Waals surface area contributed by atoms with E-state index in [1.54, 1.807) is 12.0 Å². The summed E-state index contributed by atoms with van der Waals surface area (Å²) in [5, 5.41) is 9.09. The Bertz CT molecular complexity index is 493. The molecular weight excluding hydrogens is 240 g/mol. The first-order valence-corrected chi connectivity index (χ1v) is 6.56. The highest BCUT2D eigenvalue weighted by atomic mass is 16.5. The number of methoxy groups -OCH3 is 1. The molecule has 1 saturated heterocycles. The lowest BCUT2D eigenvalue weighted by Gasteiger charge is -2.31. The summed E-state index contributed by atoms with van der Waals surface area (Å²) in [5.41, 5.74) is 0.923. The fraction of sp³-hybridized carbons (Fsp3) is 0.467. The van der Waals surface area contributed by atoms with E-state index >= 15 is 0 Å². The number of ether oxygens (including phenoxy) is 1. The number of carbonyl (C=O) groups is 1. The second-order valence-electron chi connectivity index (χ2n) is 4.76. The van der Waals surface area contributed by atoms with Crippen LogP contribution in [0.5, 0.6) is 5.75 Å². The minimum atomic E-state index is -0.258. The van der Waals surface area contributed by atoms with Crippen LogP contribution < -0.4 is 4.74 Å². The van der Waals surface area contributed by atoms with Crippen molar-refractivity contribution in [1.82, 2.24) is 4.90 Å². The molecule has 1 heterocycles. The summed E-state index contributed by atoms with van der Waals surface area (Å²) in [7, 11) is 1.61. The molecule has 1 aromatic carbocycles. The fourth-order valence-corrected chi connectivity index (χ4v) is 2.42. The third-order valence-corrected chi connectivity index (χ3v) is 3.46. The number of benzene rings is 1. The Morgan fingerprint density at radius 3 is 3.11 bits per heavy atom. The molecule has 1 aliphatic heterocycles. The molecular formula is C15H18N2O2. The maximum Gasteiger partial charge on any atom is 0.228 e. The van der Waals surface area contributed by atoms with Crippen LogP contribution in [0.4, 0.5) is 0 Å². The SMILES string of the molecule is COc1cccc(CC(=O)N2CCCCC2C#N)c1. The van der Waals surface area contributed by atoms with Gasteiger partial charge in [0, 0.05) is 6.54 Å². The summed E-state index contributed by atoms with van der Waals surface area (Å²) in [6, 6.07) is 9.47. The highest BCUT2D eigenvalue weighted by Crippen LogP contribution is 2.19. The third-order valence-electron chi connectivity index (χ3n) is 3.46. The van der Waals surface area contributed by atoms with Crippen molar-refractivity contribution in [2.75, 3.05) is 13.7 Å². The molecule has 1 unspecified atom stereocenters. The van der Waals surface area contributed by atoms with Gasteiger partial charge in [0.05, 0.1) is 19.6 Å². The molecule has 1 aromatic rings. The largest absolute Gasteiger partial charge is 0.497 e. The summed E-state index contributed by atoms with van der Waals surface area (Å²) < 4.78 is 5.15. The molecule has 0 aliphatic carbocycles. The van der Waals surface area contributed by atoms with E-state index in [0.717, 1.165) is 30.6 Å². The Kier molecular flexibility index (Phi) is 4.40. The van der Waals surface area contributed by atoms with Crippen molar-refractivity contribution in [3.05, 3.63) is 29.8 Å². The van der Waals surface area contributed by atoms with Crippen LogP contribution in [0.2, 0.25) is 0 Å². The minimum absolute atomic E-state index is 0.0273. The van der Waals surface area contributed by atoms with Crippen molar-refractivity contribution in [2.45, 2.75) is 31.7 Å². The molecule has 1 fully saturated rings. The summed E-state index contributed by atoms with van der Waals surface area (Å²) in [4.78, 5) is 14.0. The zero-order valence-electron chi connectivity index (χ0n) is 11.1. The van der Waals surface area contributed by atoms with Crippen molar-refractivity contribution >= 4 is 5.91 Å². The lowest BCUT2D eigenvalue weighted by atomic mass is 10.0. The van der Waals surface area contributed by atoms with E-state index in [-0.39, 0.29) is 11.9 Å². The lowest BCUT2D eigenvalue weighted by molar-refractivity contribution is -0.132. The summed E-state index contributed by atoms with van der Waals surface area (Å²) in [5.74, 6) is 0.778. The van der Waals surface area contributed by atoms with Gasteiger partial charge in [-0.2, -0.15) is 5.26 Å². The molecule has 0 radical (unpaired) electrons. The van der Waals surface area contributed by atoms with Crippen molar-refractivity contribution in [2.24, 2.45) is 0 Å². The van der Waals surface area contributed by atoms with Gasteiger partial charge in [-0.25, -0.2) is 0 Å². The second kappa shape index (κ2) is 6.24. The van der Waals surface area contributed by atoms with Gasteiger partial charge in [-0.15, -0.1) is 0 Å². The maximum absolute atomic E-state index is 12.3. The van der Waals surface area contributed by atoms with Crippen LogP contribution in [0, 0.1) is 11.3 Å². The highest BCUT2D eigenvalue weighted by Gasteiger charge is 2.26. The number of hydrogen-bond donors (Lipinski definition) is 0. The summed E-state index contributed by atoms with van der Waals surface area (Å²) in [6.45, 7) is 0.695. The molecule has 19 heavy (non-hydrogen) atoms. The first kappa shape index (κ1) is 13.4. The van der Waals surface area contributed by atoms with Gasteiger partial charge in [0.2, 0.25) is 5.91 Å². The van der Waals surface area contributed by atoms with Gasteiger partial charge >= 0.3 is 0 Å². The van der Waals surface area contributed by atoms with Gasteiger partial charge in [0.25, 0.3) is 0 Å². The Labute approximate surface area is 113 Å². The first-order chi connectivity index (χ1) is 9.24. The van der Waals surface area contributed by atoms with Gasteiger partial charge < -0.3 is 9.64 Å². The Morgan fingerprint density at radius 1 is 1.53 bits per heavy atom. The van der Waals surface area contributed by atoms with Crippen molar-refractivity contribution in [1.29, 1.82) is 5.26 Å². The molecule has 0 saturated carbocycles. The van der Waals surface area contributed by atoms with Crippen LogP contribution in [0.25, 0.3) is 0 Å². The van der Waals surface area contributed by atoms with Crippen LogP contribution in [-0.2, 0) is 11.2 Å². The van der Waals surface area contributed by atoms with Crippen molar-refractivity contribution < 1.29 is 9.53 Å². The van der Waals surface area contributed by atoms with Crippen LogP contribution in [0.15, 0.2) is 24.3 Å². The van der Waals surface area contributed by atoms with E-state index in [0.29, 0.717) is 13.0 Å². The van der Waals surface area contributed by atoms with Gasteiger partial charge in [0.1, 0.15) is 11.8 Å². The van der Waals surface area contributed by atoms with E-state index in [1.807, 2.05) is 24.3 Å². The quantitative estimate of drug-likeness (QED) is 0.834. The zero-order chi connectivity index (χ0) is 13.7. The predicted octanol–water partition coefficient (Wildman–Crippen LogP) is 2.14. The molecule has 0 spiro atoms. The fourth-order valence-electron chi connectivity index (χ4n) is 2.42. The molecule has 4 nitrogen and oxygen atoms in total. The van der Waals surface area contributed by atoms with E-state index in [2.05, 4.69) is 6.07 Å². The monoisotopic (exact) mass is 258 g/mol. The maximum atomic E-state index is 12.3.